The Labute approximate surface area is 109 Å². The molecule has 0 aromatic carbocycles. The first kappa shape index (κ1) is 12.7. The van der Waals surface area contributed by atoms with E-state index in [-0.39, 0.29) is 0 Å². The molecule has 2 nitrogen and oxygen atoms in total. The van der Waals surface area contributed by atoms with Gasteiger partial charge in [0, 0.05) is 25.0 Å². The Bertz CT molecular complexity index is 367. The molecule has 0 amide bonds. The van der Waals surface area contributed by atoms with Gasteiger partial charge in [-0.2, -0.15) is 0 Å². The van der Waals surface area contributed by atoms with Crippen molar-refractivity contribution in [3.8, 4) is 0 Å². The molecule has 1 aliphatic rings. The van der Waals surface area contributed by atoms with Crippen molar-refractivity contribution in [2.45, 2.75) is 44.5 Å². The molecule has 3 heteroatoms. The third-order valence-corrected chi connectivity index (χ3v) is 4.07. The fraction of sp³-hybridized carbons (Fsp3) is 0.643. The number of pyridine rings is 1. The van der Waals surface area contributed by atoms with Crippen molar-refractivity contribution in [2.75, 3.05) is 11.9 Å². The van der Waals surface area contributed by atoms with Crippen molar-refractivity contribution in [1.82, 2.24) is 4.98 Å². The highest BCUT2D eigenvalue weighted by atomic mass is 35.5. The van der Waals surface area contributed by atoms with Crippen LogP contribution < -0.4 is 4.90 Å². The quantitative estimate of drug-likeness (QED) is 0.760. The molecule has 1 aliphatic carbocycles. The summed E-state index contributed by atoms with van der Waals surface area (Å²) in [6, 6.07) is 4.85. The highest BCUT2D eigenvalue weighted by Crippen LogP contribution is 2.29. The summed E-state index contributed by atoms with van der Waals surface area (Å²) >= 11 is 5.83. The van der Waals surface area contributed by atoms with Crippen molar-refractivity contribution in [3.63, 3.8) is 0 Å². The minimum absolute atomic E-state index is 0.489. The maximum absolute atomic E-state index is 5.83. The molecule has 2 atom stereocenters. The molecule has 1 heterocycles. The Kier molecular flexibility index (Phi) is 4.27. The lowest BCUT2D eigenvalue weighted by atomic mass is 9.86. The number of hydrogen-bond acceptors (Lipinski definition) is 2. The van der Waals surface area contributed by atoms with Gasteiger partial charge in [0.15, 0.2) is 0 Å². The first-order chi connectivity index (χ1) is 8.20. The van der Waals surface area contributed by atoms with Gasteiger partial charge in [-0.05, 0) is 30.9 Å². The molecule has 94 valence electrons. The Hall–Kier alpha value is -0.760. The van der Waals surface area contributed by atoms with E-state index in [1.807, 2.05) is 6.20 Å². The minimum atomic E-state index is 0.489. The van der Waals surface area contributed by atoms with Gasteiger partial charge in [-0.1, -0.05) is 19.8 Å². The molecule has 17 heavy (non-hydrogen) atoms. The number of hydrogen-bond donors (Lipinski definition) is 0. The average molecular weight is 253 g/mol. The second kappa shape index (κ2) is 5.72. The summed E-state index contributed by atoms with van der Waals surface area (Å²) in [7, 11) is 2.19. The Balaban J connectivity index is 2.09. The van der Waals surface area contributed by atoms with E-state index in [9.17, 15) is 0 Å². The smallest absolute Gasteiger partial charge is 0.0648 e. The zero-order valence-corrected chi connectivity index (χ0v) is 11.5. The van der Waals surface area contributed by atoms with E-state index < -0.39 is 0 Å². The summed E-state index contributed by atoms with van der Waals surface area (Å²) in [5.41, 5.74) is 2.20. The highest BCUT2D eigenvalue weighted by Gasteiger charge is 2.22. The fourth-order valence-corrected chi connectivity index (χ4v) is 2.87. The van der Waals surface area contributed by atoms with Gasteiger partial charge < -0.3 is 4.90 Å². The van der Waals surface area contributed by atoms with Crippen LogP contribution in [0.25, 0.3) is 0 Å². The highest BCUT2D eigenvalue weighted by molar-refractivity contribution is 6.16. The maximum Gasteiger partial charge on any atom is 0.0648 e. The average Bonchev–Trinajstić information content (AvgIpc) is 2.38. The van der Waals surface area contributed by atoms with E-state index in [0.29, 0.717) is 11.9 Å². The molecular formula is C14H21ClN2. The van der Waals surface area contributed by atoms with Crippen LogP contribution in [0.1, 0.15) is 38.3 Å². The molecule has 1 aromatic rings. The van der Waals surface area contributed by atoms with Crippen LogP contribution in [0.4, 0.5) is 5.69 Å². The second-order valence-electron chi connectivity index (χ2n) is 5.18. The number of nitrogens with zero attached hydrogens (tertiary/aromatic N) is 2. The standard InChI is InChI=1S/C14H21ClN2/c1-11-4-3-5-13(8-11)17(2)14-6-7-16-12(9-14)10-15/h6-7,9,11,13H,3-5,8,10H2,1-2H3. The molecule has 2 unspecified atom stereocenters. The first-order valence-electron chi connectivity index (χ1n) is 6.44. The second-order valence-corrected chi connectivity index (χ2v) is 5.44. The Morgan fingerprint density at radius 1 is 1.47 bits per heavy atom. The van der Waals surface area contributed by atoms with E-state index >= 15 is 0 Å². The monoisotopic (exact) mass is 252 g/mol. The Morgan fingerprint density at radius 3 is 3.00 bits per heavy atom. The van der Waals surface area contributed by atoms with Crippen LogP contribution in [0.2, 0.25) is 0 Å². The lowest BCUT2D eigenvalue weighted by Gasteiger charge is -2.35. The predicted molar refractivity (Wildman–Crippen MR) is 73.6 cm³/mol. The number of halogens is 1. The number of aromatic nitrogens is 1. The lowest BCUT2D eigenvalue weighted by molar-refractivity contribution is 0.336. The molecule has 1 saturated carbocycles. The molecule has 0 radical (unpaired) electrons. The molecule has 0 aliphatic heterocycles. The Morgan fingerprint density at radius 2 is 2.29 bits per heavy atom. The van der Waals surface area contributed by atoms with E-state index in [4.69, 9.17) is 11.6 Å². The van der Waals surface area contributed by atoms with Gasteiger partial charge in [0.05, 0.1) is 11.6 Å². The van der Waals surface area contributed by atoms with Crippen LogP contribution in [-0.2, 0) is 5.88 Å². The fourth-order valence-electron chi connectivity index (χ4n) is 2.72. The van der Waals surface area contributed by atoms with Gasteiger partial charge in [-0.3, -0.25) is 4.98 Å². The van der Waals surface area contributed by atoms with Gasteiger partial charge >= 0.3 is 0 Å². The number of alkyl halides is 1. The third kappa shape index (κ3) is 3.12. The van der Waals surface area contributed by atoms with Crippen molar-refractivity contribution in [1.29, 1.82) is 0 Å². The molecule has 1 fully saturated rings. The van der Waals surface area contributed by atoms with Crippen molar-refractivity contribution in [3.05, 3.63) is 24.0 Å². The van der Waals surface area contributed by atoms with Crippen LogP contribution in [0.5, 0.6) is 0 Å². The zero-order chi connectivity index (χ0) is 12.3. The summed E-state index contributed by atoms with van der Waals surface area (Å²) in [6.45, 7) is 2.36. The predicted octanol–water partition coefficient (Wildman–Crippen LogP) is 3.84. The van der Waals surface area contributed by atoms with Crippen LogP contribution in [0.15, 0.2) is 18.3 Å². The van der Waals surface area contributed by atoms with Gasteiger partial charge in [0.25, 0.3) is 0 Å². The van der Waals surface area contributed by atoms with Crippen LogP contribution in [-0.4, -0.2) is 18.1 Å². The molecular weight excluding hydrogens is 232 g/mol. The topological polar surface area (TPSA) is 16.1 Å². The summed E-state index contributed by atoms with van der Waals surface area (Å²) in [5.74, 6) is 1.34. The van der Waals surface area contributed by atoms with E-state index in [1.165, 1.54) is 31.4 Å². The van der Waals surface area contributed by atoms with Gasteiger partial charge in [-0.25, -0.2) is 0 Å². The largest absolute Gasteiger partial charge is 0.372 e. The number of rotatable bonds is 3. The van der Waals surface area contributed by atoms with E-state index in [0.717, 1.165) is 11.6 Å². The minimum Gasteiger partial charge on any atom is -0.372 e. The first-order valence-corrected chi connectivity index (χ1v) is 6.98. The SMILES string of the molecule is CC1CCCC(N(C)c2ccnc(CCl)c2)C1. The van der Waals surface area contributed by atoms with Crippen molar-refractivity contribution in [2.24, 2.45) is 5.92 Å². The van der Waals surface area contributed by atoms with Crippen LogP contribution >= 0.6 is 11.6 Å². The lowest BCUT2D eigenvalue weighted by Crippen LogP contribution is -2.35. The van der Waals surface area contributed by atoms with Crippen molar-refractivity contribution < 1.29 is 0 Å². The van der Waals surface area contributed by atoms with Gasteiger partial charge in [0.2, 0.25) is 0 Å². The normalized spacial score (nSPS) is 24.6. The molecule has 0 N–H and O–H groups in total. The van der Waals surface area contributed by atoms with E-state index in [1.54, 1.807) is 0 Å². The molecule has 0 saturated heterocycles. The summed E-state index contributed by atoms with van der Waals surface area (Å²) < 4.78 is 0. The molecule has 2 rings (SSSR count). The molecule has 0 spiro atoms. The summed E-state index contributed by atoms with van der Waals surface area (Å²) in [6.07, 6.45) is 7.20. The molecule has 0 bridgehead atoms. The van der Waals surface area contributed by atoms with Crippen molar-refractivity contribution >= 4 is 17.3 Å². The zero-order valence-electron chi connectivity index (χ0n) is 10.7. The third-order valence-electron chi connectivity index (χ3n) is 3.80. The van der Waals surface area contributed by atoms with E-state index in [2.05, 4.69) is 36.0 Å². The van der Waals surface area contributed by atoms with Crippen LogP contribution in [0, 0.1) is 5.92 Å². The summed E-state index contributed by atoms with van der Waals surface area (Å²) in [5, 5.41) is 0. The van der Waals surface area contributed by atoms with Gasteiger partial charge in [-0.15, -0.1) is 11.6 Å². The number of anilines is 1. The van der Waals surface area contributed by atoms with Crippen LogP contribution in [0.3, 0.4) is 0 Å². The van der Waals surface area contributed by atoms with Gasteiger partial charge in [0.1, 0.15) is 0 Å². The maximum atomic E-state index is 5.83. The summed E-state index contributed by atoms with van der Waals surface area (Å²) in [4.78, 5) is 6.64. The molecule has 1 aromatic heterocycles.